The van der Waals surface area contributed by atoms with Crippen LogP contribution in [0.4, 0.5) is 0 Å². The summed E-state index contributed by atoms with van der Waals surface area (Å²) in [7, 11) is 1.81. The first-order valence-electron chi connectivity index (χ1n) is 10.7. The third-order valence-corrected chi connectivity index (χ3v) is 5.81. The second-order valence-corrected chi connectivity index (χ2v) is 8.06. The molecule has 0 bridgehead atoms. The molecule has 1 aliphatic heterocycles. The Labute approximate surface area is 178 Å². The second-order valence-electron chi connectivity index (χ2n) is 8.06. The Bertz CT molecular complexity index is 969. The maximum Gasteiger partial charge on any atom is 0.191 e. The van der Waals surface area contributed by atoms with Crippen molar-refractivity contribution in [1.82, 2.24) is 30.1 Å². The molecule has 0 radical (unpaired) electrons. The number of likely N-dealkylation sites (tertiary alicyclic amines) is 1. The van der Waals surface area contributed by atoms with Gasteiger partial charge in [-0.3, -0.25) is 14.3 Å². The number of hydrogen-bond donors (Lipinski definition) is 2. The van der Waals surface area contributed by atoms with Gasteiger partial charge in [0.05, 0.1) is 6.54 Å². The first-order valence-corrected chi connectivity index (χ1v) is 10.7. The number of rotatable bonds is 6. The molecule has 3 heterocycles. The minimum absolute atomic E-state index is 0.583. The second kappa shape index (κ2) is 9.71. The average Bonchev–Trinajstić information content (AvgIpc) is 3.20. The summed E-state index contributed by atoms with van der Waals surface area (Å²) in [4.78, 5) is 6.92. The van der Waals surface area contributed by atoms with Gasteiger partial charge >= 0.3 is 0 Å². The lowest BCUT2D eigenvalue weighted by atomic mass is 9.96. The van der Waals surface area contributed by atoms with E-state index in [0.717, 1.165) is 43.6 Å². The number of guanidine groups is 1. The standard InChI is InChI=1S/C23H31N7/c1-18-6-8-20(9-7-18)17-29-13-10-19(11-14-29)15-25-23(24-2)26-16-22-28-27-21-5-3-4-12-30(21)22/h3-9,12,19H,10-11,13-17H2,1-2H3,(H2,24,25,26). The van der Waals surface area contributed by atoms with Crippen molar-refractivity contribution in [3.63, 3.8) is 0 Å². The number of aliphatic imine (C=N–C) groups is 1. The fourth-order valence-corrected chi connectivity index (χ4v) is 3.94. The molecule has 0 atom stereocenters. The van der Waals surface area contributed by atoms with Crippen LogP contribution in [0.15, 0.2) is 53.7 Å². The van der Waals surface area contributed by atoms with Crippen LogP contribution in [0, 0.1) is 12.8 Å². The van der Waals surface area contributed by atoms with Gasteiger partial charge in [-0.05, 0) is 56.5 Å². The van der Waals surface area contributed by atoms with Crippen molar-refractivity contribution >= 4 is 11.6 Å². The number of benzene rings is 1. The number of aryl methyl sites for hydroxylation is 1. The third kappa shape index (κ3) is 5.16. The van der Waals surface area contributed by atoms with Crippen molar-refractivity contribution in [2.24, 2.45) is 10.9 Å². The van der Waals surface area contributed by atoms with Gasteiger partial charge in [0, 0.05) is 26.3 Å². The van der Waals surface area contributed by atoms with Gasteiger partial charge in [0.25, 0.3) is 0 Å². The molecule has 2 N–H and O–H groups in total. The fraction of sp³-hybridized carbons (Fsp3) is 0.435. The monoisotopic (exact) mass is 405 g/mol. The van der Waals surface area contributed by atoms with Crippen LogP contribution in [0.2, 0.25) is 0 Å². The maximum atomic E-state index is 4.36. The molecular weight excluding hydrogens is 374 g/mol. The first kappa shape index (κ1) is 20.3. The van der Waals surface area contributed by atoms with E-state index in [4.69, 9.17) is 0 Å². The van der Waals surface area contributed by atoms with E-state index in [1.54, 1.807) is 7.05 Å². The number of piperidine rings is 1. The van der Waals surface area contributed by atoms with E-state index in [1.807, 2.05) is 28.8 Å². The van der Waals surface area contributed by atoms with Crippen LogP contribution in [0.25, 0.3) is 5.65 Å². The topological polar surface area (TPSA) is 69.8 Å². The molecule has 158 valence electrons. The van der Waals surface area contributed by atoms with Crippen molar-refractivity contribution in [2.45, 2.75) is 32.9 Å². The molecule has 1 aromatic carbocycles. The molecule has 7 heteroatoms. The van der Waals surface area contributed by atoms with Gasteiger partial charge in [0.15, 0.2) is 17.4 Å². The molecule has 0 saturated carbocycles. The predicted octanol–water partition coefficient (Wildman–Crippen LogP) is 2.61. The van der Waals surface area contributed by atoms with Gasteiger partial charge in [0.1, 0.15) is 0 Å². The van der Waals surface area contributed by atoms with Gasteiger partial charge in [-0.2, -0.15) is 0 Å². The van der Waals surface area contributed by atoms with Crippen molar-refractivity contribution < 1.29 is 0 Å². The molecule has 0 spiro atoms. The summed E-state index contributed by atoms with van der Waals surface area (Å²) < 4.78 is 1.99. The van der Waals surface area contributed by atoms with Gasteiger partial charge in [-0.1, -0.05) is 35.9 Å². The van der Waals surface area contributed by atoms with Gasteiger partial charge in [0.2, 0.25) is 0 Å². The number of pyridine rings is 1. The highest BCUT2D eigenvalue weighted by molar-refractivity contribution is 5.79. The highest BCUT2D eigenvalue weighted by Crippen LogP contribution is 2.18. The van der Waals surface area contributed by atoms with E-state index in [1.165, 1.54) is 24.0 Å². The molecule has 2 aromatic heterocycles. The zero-order chi connectivity index (χ0) is 20.8. The zero-order valence-corrected chi connectivity index (χ0v) is 17.9. The van der Waals surface area contributed by atoms with Gasteiger partial charge in [-0.15, -0.1) is 10.2 Å². The van der Waals surface area contributed by atoms with Crippen molar-refractivity contribution in [3.8, 4) is 0 Å². The Morgan fingerprint density at radius 2 is 1.87 bits per heavy atom. The largest absolute Gasteiger partial charge is 0.356 e. The van der Waals surface area contributed by atoms with Crippen LogP contribution in [0.3, 0.4) is 0 Å². The summed E-state index contributed by atoms with van der Waals surface area (Å²) >= 11 is 0. The Balaban J connectivity index is 1.20. The van der Waals surface area contributed by atoms with Crippen LogP contribution in [-0.4, -0.2) is 52.1 Å². The third-order valence-electron chi connectivity index (χ3n) is 5.81. The lowest BCUT2D eigenvalue weighted by Gasteiger charge is -2.32. The Morgan fingerprint density at radius 3 is 2.63 bits per heavy atom. The number of aromatic nitrogens is 3. The van der Waals surface area contributed by atoms with Crippen molar-refractivity contribution in [2.75, 3.05) is 26.7 Å². The summed E-state index contributed by atoms with van der Waals surface area (Å²) in [6.07, 6.45) is 4.41. The summed E-state index contributed by atoms with van der Waals surface area (Å²) in [5.74, 6) is 2.36. The predicted molar refractivity (Wildman–Crippen MR) is 120 cm³/mol. The first-order chi connectivity index (χ1) is 14.7. The SMILES string of the molecule is CN=C(NCc1nnc2ccccn12)NCC1CCN(Cc2ccc(C)cc2)CC1. The fourth-order valence-electron chi connectivity index (χ4n) is 3.94. The van der Waals surface area contributed by atoms with E-state index in [2.05, 4.69) is 61.9 Å². The molecule has 7 nitrogen and oxygen atoms in total. The van der Waals surface area contributed by atoms with E-state index < -0.39 is 0 Å². The zero-order valence-electron chi connectivity index (χ0n) is 17.9. The van der Waals surface area contributed by atoms with Gasteiger partial charge in [-0.25, -0.2) is 0 Å². The molecule has 0 amide bonds. The van der Waals surface area contributed by atoms with E-state index in [0.29, 0.717) is 12.5 Å². The summed E-state index contributed by atoms with van der Waals surface area (Å²) in [6.45, 7) is 7.02. The number of fused-ring (bicyclic) bond motifs is 1. The summed E-state index contributed by atoms with van der Waals surface area (Å²) in [6, 6.07) is 14.8. The summed E-state index contributed by atoms with van der Waals surface area (Å²) in [5.41, 5.74) is 3.58. The molecule has 1 saturated heterocycles. The maximum absolute atomic E-state index is 4.36. The lowest BCUT2D eigenvalue weighted by molar-refractivity contribution is 0.178. The number of nitrogens with one attached hydrogen (secondary N) is 2. The Morgan fingerprint density at radius 1 is 1.07 bits per heavy atom. The minimum Gasteiger partial charge on any atom is -0.356 e. The van der Waals surface area contributed by atoms with Crippen LogP contribution in [0.1, 0.15) is 29.8 Å². The molecule has 1 aliphatic rings. The van der Waals surface area contributed by atoms with Crippen molar-refractivity contribution in [3.05, 3.63) is 65.6 Å². The molecular formula is C23H31N7. The van der Waals surface area contributed by atoms with E-state index in [9.17, 15) is 0 Å². The molecule has 4 rings (SSSR count). The normalized spacial score (nSPS) is 16.1. The molecule has 1 fully saturated rings. The highest BCUT2D eigenvalue weighted by Gasteiger charge is 2.19. The smallest absolute Gasteiger partial charge is 0.191 e. The van der Waals surface area contributed by atoms with Gasteiger partial charge < -0.3 is 10.6 Å². The molecule has 0 unspecified atom stereocenters. The molecule has 30 heavy (non-hydrogen) atoms. The minimum atomic E-state index is 0.583. The van der Waals surface area contributed by atoms with E-state index in [-0.39, 0.29) is 0 Å². The van der Waals surface area contributed by atoms with Crippen LogP contribution in [-0.2, 0) is 13.1 Å². The quantitative estimate of drug-likeness (QED) is 0.487. The van der Waals surface area contributed by atoms with Crippen LogP contribution < -0.4 is 10.6 Å². The Kier molecular flexibility index (Phi) is 6.59. The molecule has 0 aliphatic carbocycles. The number of nitrogens with zero attached hydrogens (tertiary/aromatic N) is 5. The van der Waals surface area contributed by atoms with Crippen molar-refractivity contribution in [1.29, 1.82) is 0 Å². The Hall–Kier alpha value is -2.93. The number of hydrogen-bond acceptors (Lipinski definition) is 4. The lowest BCUT2D eigenvalue weighted by Crippen LogP contribution is -2.42. The van der Waals surface area contributed by atoms with Crippen LogP contribution in [0.5, 0.6) is 0 Å². The van der Waals surface area contributed by atoms with E-state index >= 15 is 0 Å². The van der Waals surface area contributed by atoms with Crippen LogP contribution >= 0.6 is 0 Å². The molecule has 3 aromatic rings. The average molecular weight is 406 g/mol. The summed E-state index contributed by atoms with van der Waals surface area (Å²) in [5, 5.41) is 15.3. The highest BCUT2D eigenvalue weighted by atomic mass is 15.3.